The van der Waals surface area contributed by atoms with Crippen molar-refractivity contribution in [3.8, 4) is 56.0 Å². The van der Waals surface area contributed by atoms with E-state index in [1.807, 2.05) is 24.3 Å². The predicted octanol–water partition coefficient (Wildman–Crippen LogP) is 12.4. The van der Waals surface area contributed by atoms with Crippen molar-refractivity contribution in [2.45, 2.75) is 0 Å². The lowest BCUT2D eigenvalue weighted by atomic mass is 9.92. The van der Waals surface area contributed by atoms with E-state index in [9.17, 15) is 0 Å². The molecule has 0 saturated heterocycles. The summed E-state index contributed by atoms with van der Waals surface area (Å²) >= 11 is 0. The monoisotopic (exact) mass is 633 g/mol. The largest absolute Gasteiger partial charge is 0.497 e. The van der Waals surface area contributed by atoms with Crippen LogP contribution >= 0.6 is 0 Å². The topological polar surface area (TPSA) is 30.5 Å². The van der Waals surface area contributed by atoms with E-state index in [-0.39, 0.29) is 0 Å². The summed E-state index contributed by atoms with van der Waals surface area (Å²) in [7, 11) is 3.40. The Morgan fingerprint density at radius 3 is 1.12 bits per heavy atom. The third kappa shape index (κ3) is 6.10. The molecule has 0 bridgehead atoms. The van der Waals surface area contributed by atoms with Gasteiger partial charge in [-0.2, -0.15) is 0 Å². The lowest BCUT2D eigenvalue weighted by molar-refractivity contribution is 0.415. The number of methoxy groups -OCH3 is 2. The average Bonchev–Trinajstić information content (AvgIpc) is 3.17. The van der Waals surface area contributed by atoms with E-state index in [2.05, 4.69) is 151 Å². The quantitative estimate of drug-likeness (QED) is 0.181. The summed E-state index contributed by atoms with van der Waals surface area (Å²) in [6, 6.07) is 60.2. The second-order valence-electron chi connectivity index (χ2n) is 12.2. The van der Waals surface area contributed by atoms with Gasteiger partial charge in [-0.15, -0.1) is 0 Å². The summed E-state index contributed by atoms with van der Waals surface area (Å²) in [5, 5.41) is 8.65. The van der Waals surface area contributed by atoms with Crippen LogP contribution in [0, 0.1) is 0 Å². The first-order chi connectivity index (χ1) is 24.1. The molecule has 8 aromatic carbocycles. The van der Waals surface area contributed by atoms with Crippen LogP contribution in [-0.2, 0) is 0 Å². The summed E-state index contributed by atoms with van der Waals surface area (Å²) in [6.07, 6.45) is 0. The van der Waals surface area contributed by atoms with Gasteiger partial charge in [-0.1, -0.05) is 109 Å². The summed E-state index contributed by atoms with van der Waals surface area (Å²) < 4.78 is 10.9. The van der Waals surface area contributed by atoms with Crippen molar-refractivity contribution in [3.63, 3.8) is 0 Å². The predicted molar refractivity (Wildman–Crippen MR) is 206 cm³/mol. The zero-order valence-electron chi connectivity index (χ0n) is 27.5. The molecule has 8 aromatic rings. The number of ether oxygens (including phenoxy) is 2. The van der Waals surface area contributed by atoms with Crippen molar-refractivity contribution in [3.05, 3.63) is 170 Å². The molecule has 0 fully saturated rings. The summed E-state index contributed by atoms with van der Waals surface area (Å²) in [5.74, 6) is 1.67. The number of anilines is 2. The number of benzene rings is 8. The van der Waals surface area contributed by atoms with Crippen LogP contribution < -0.4 is 14.8 Å². The van der Waals surface area contributed by atoms with E-state index in [4.69, 9.17) is 9.47 Å². The van der Waals surface area contributed by atoms with Gasteiger partial charge in [-0.3, -0.25) is 0 Å². The number of hydrogen-bond acceptors (Lipinski definition) is 3. The lowest BCUT2D eigenvalue weighted by Crippen LogP contribution is -1.95. The Hall–Kier alpha value is -6.32. The van der Waals surface area contributed by atoms with Gasteiger partial charge < -0.3 is 14.8 Å². The molecule has 0 unspecified atom stereocenters. The Bertz CT molecular complexity index is 2260. The Labute approximate surface area is 287 Å². The highest BCUT2D eigenvalue weighted by Gasteiger charge is 2.13. The molecule has 0 aliphatic heterocycles. The zero-order valence-corrected chi connectivity index (χ0v) is 27.5. The van der Waals surface area contributed by atoms with Crippen LogP contribution in [-0.4, -0.2) is 14.2 Å². The first-order valence-electron chi connectivity index (χ1n) is 16.5. The highest BCUT2D eigenvalue weighted by atomic mass is 16.5. The number of fused-ring (bicyclic) bond motifs is 2. The van der Waals surface area contributed by atoms with Crippen molar-refractivity contribution in [2.24, 2.45) is 0 Å². The maximum absolute atomic E-state index is 5.47. The normalized spacial score (nSPS) is 11.1. The standard InChI is InChI=1S/C46H35NO2/c1-48-41-21-15-33(16-22-41)45-29-39(19-25-43(45)37-13-11-31-7-3-5-9-35(31)27-37)47-40-20-26-44(38-14-12-32-8-4-6-10-36(32)28-38)46(30-40)34-17-23-42(49-2)24-18-34/h3-30,47H,1-2H3. The second kappa shape index (κ2) is 13.1. The molecule has 0 heterocycles. The summed E-state index contributed by atoms with van der Waals surface area (Å²) in [4.78, 5) is 0. The Morgan fingerprint density at radius 2 is 0.714 bits per heavy atom. The molecule has 0 aliphatic carbocycles. The van der Waals surface area contributed by atoms with Gasteiger partial charge in [0.25, 0.3) is 0 Å². The minimum Gasteiger partial charge on any atom is -0.497 e. The number of nitrogens with one attached hydrogen (secondary N) is 1. The molecule has 1 N–H and O–H groups in total. The van der Waals surface area contributed by atoms with Crippen LogP contribution in [0.5, 0.6) is 11.5 Å². The molecule has 3 heteroatoms. The van der Waals surface area contributed by atoms with Crippen molar-refractivity contribution < 1.29 is 9.47 Å². The number of rotatable bonds is 8. The molecule has 0 spiro atoms. The minimum absolute atomic E-state index is 0.836. The number of hydrogen-bond donors (Lipinski definition) is 1. The maximum atomic E-state index is 5.47. The van der Waals surface area contributed by atoms with E-state index < -0.39 is 0 Å². The molecule has 0 radical (unpaired) electrons. The average molecular weight is 634 g/mol. The van der Waals surface area contributed by atoms with Gasteiger partial charge in [0.1, 0.15) is 11.5 Å². The van der Waals surface area contributed by atoms with Gasteiger partial charge >= 0.3 is 0 Å². The molecule has 8 rings (SSSR count). The highest BCUT2D eigenvalue weighted by molar-refractivity contribution is 5.94. The third-order valence-corrected chi connectivity index (χ3v) is 9.25. The first kappa shape index (κ1) is 30.0. The SMILES string of the molecule is COc1ccc(-c2cc(Nc3ccc(-c4ccc5ccccc5c4)c(-c4ccc(OC)cc4)c3)ccc2-c2ccc3ccccc3c2)cc1. The fraction of sp³-hybridized carbons (Fsp3) is 0.0435. The van der Waals surface area contributed by atoms with Crippen LogP contribution in [0.15, 0.2) is 170 Å². The van der Waals surface area contributed by atoms with Gasteiger partial charge in [0.15, 0.2) is 0 Å². The van der Waals surface area contributed by atoms with E-state index >= 15 is 0 Å². The van der Waals surface area contributed by atoms with Crippen molar-refractivity contribution in [1.29, 1.82) is 0 Å². The lowest BCUT2D eigenvalue weighted by Gasteiger charge is -2.17. The molecular formula is C46H35NO2. The first-order valence-corrected chi connectivity index (χ1v) is 16.5. The third-order valence-electron chi connectivity index (χ3n) is 9.25. The Kier molecular flexibility index (Phi) is 8.01. The fourth-order valence-corrected chi connectivity index (χ4v) is 6.65. The van der Waals surface area contributed by atoms with E-state index in [0.717, 1.165) is 45.1 Å². The smallest absolute Gasteiger partial charge is 0.118 e. The van der Waals surface area contributed by atoms with Gasteiger partial charge in [0, 0.05) is 11.4 Å². The van der Waals surface area contributed by atoms with E-state index in [1.54, 1.807) is 14.2 Å². The van der Waals surface area contributed by atoms with E-state index in [1.165, 1.54) is 43.8 Å². The van der Waals surface area contributed by atoms with Crippen LogP contribution in [0.2, 0.25) is 0 Å². The van der Waals surface area contributed by atoms with Crippen molar-refractivity contribution >= 4 is 32.9 Å². The van der Waals surface area contributed by atoms with Crippen LogP contribution in [0.4, 0.5) is 11.4 Å². The fourth-order valence-electron chi connectivity index (χ4n) is 6.65. The van der Waals surface area contributed by atoms with Crippen molar-refractivity contribution in [2.75, 3.05) is 19.5 Å². The molecule has 0 atom stereocenters. The minimum atomic E-state index is 0.836. The molecule has 0 amide bonds. The zero-order chi connectivity index (χ0) is 33.2. The van der Waals surface area contributed by atoms with Crippen molar-refractivity contribution in [1.82, 2.24) is 0 Å². The molecule has 49 heavy (non-hydrogen) atoms. The molecule has 236 valence electrons. The Balaban J connectivity index is 1.21. The molecule has 3 nitrogen and oxygen atoms in total. The second-order valence-corrected chi connectivity index (χ2v) is 12.2. The summed E-state index contributed by atoms with van der Waals surface area (Å²) in [6.45, 7) is 0. The van der Waals surface area contributed by atoms with Crippen LogP contribution in [0.3, 0.4) is 0 Å². The Morgan fingerprint density at radius 1 is 0.327 bits per heavy atom. The molecular weight excluding hydrogens is 599 g/mol. The highest BCUT2D eigenvalue weighted by Crippen LogP contribution is 2.40. The van der Waals surface area contributed by atoms with Crippen LogP contribution in [0.1, 0.15) is 0 Å². The van der Waals surface area contributed by atoms with E-state index in [0.29, 0.717) is 0 Å². The van der Waals surface area contributed by atoms with Gasteiger partial charge in [0.05, 0.1) is 14.2 Å². The molecule has 0 saturated carbocycles. The molecule has 0 aliphatic rings. The molecule has 0 aromatic heterocycles. The maximum Gasteiger partial charge on any atom is 0.118 e. The summed E-state index contributed by atoms with van der Waals surface area (Å²) in [5.41, 5.74) is 11.3. The van der Waals surface area contributed by atoms with Gasteiger partial charge in [0.2, 0.25) is 0 Å². The van der Waals surface area contributed by atoms with Crippen LogP contribution in [0.25, 0.3) is 66.1 Å². The van der Waals surface area contributed by atoms with Gasteiger partial charge in [-0.25, -0.2) is 0 Å². The van der Waals surface area contributed by atoms with Gasteiger partial charge in [-0.05, 0) is 127 Å².